The van der Waals surface area contributed by atoms with Crippen molar-refractivity contribution >= 4 is 11.6 Å². The molecule has 0 fully saturated rings. The average molecular weight is 253 g/mol. The zero-order chi connectivity index (χ0) is 12.6. The molecule has 0 bridgehead atoms. The molecule has 0 amide bonds. The van der Waals surface area contributed by atoms with Crippen LogP contribution in [-0.2, 0) is 5.41 Å². The van der Waals surface area contributed by atoms with Gasteiger partial charge >= 0.3 is 0 Å². The Kier molecular flexibility index (Phi) is 3.40. The smallest absolute Gasteiger partial charge is 0.123 e. The molecule has 0 aliphatic carbocycles. The summed E-state index contributed by atoms with van der Waals surface area (Å²) in [6.07, 6.45) is 1.02. The molecule has 1 heterocycles. The van der Waals surface area contributed by atoms with Crippen molar-refractivity contribution in [2.45, 2.75) is 44.9 Å². The van der Waals surface area contributed by atoms with Gasteiger partial charge in [-0.3, -0.25) is 0 Å². The van der Waals surface area contributed by atoms with Gasteiger partial charge < -0.3 is 4.74 Å². The van der Waals surface area contributed by atoms with E-state index < -0.39 is 0 Å². The first-order valence-electron chi connectivity index (χ1n) is 6.31. The lowest BCUT2D eigenvalue weighted by atomic mass is 9.85. The molecule has 2 rings (SSSR count). The highest BCUT2D eigenvalue weighted by Crippen LogP contribution is 2.41. The minimum atomic E-state index is 0.108. The Bertz CT molecular complexity index is 409. The van der Waals surface area contributed by atoms with Crippen LogP contribution in [0.3, 0.4) is 0 Å². The molecule has 17 heavy (non-hydrogen) atoms. The molecule has 0 saturated carbocycles. The number of halogens is 1. The van der Waals surface area contributed by atoms with E-state index in [9.17, 15) is 0 Å². The van der Waals surface area contributed by atoms with Crippen LogP contribution < -0.4 is 4.74 Å². The zero-order valence-electron chi connectivity index (χ0n) is 11.1. The van der Waals surface area contributed by atoms with E-state index >= 15 is 0 Å². The number of alkyl halides is 1. The Morgan fingerprint density at radius 1 is 1.35 bits per heavy atom. The van der Waals surface area contributed by atoms with Gasteiger partial charge in [0.15, 0.2) is 0 Å². The first-order valence-corrected chi connectivity index (χ1v) is 6.75. The lowest BCUT2D eigenvalue weighted by molar-refractivity contribution is 0.291. The van der Waals surface area contributed by atoms with Crippen LogP contribution in [0.5, 0.6) is 5.75 Å². The van der Waals surface area contributed by atoms with Crippen molar-refractivity contribution in [3.63, 3.8) is 0 Å². The first kappa shape index (κ1) is 12.8. The normalized spacial score (nSPS) is 18.9. The van der Waals surface area contributed by atoms with E-state index in [0.717, 1.165) is 18.8 Å². The molecule has 0 N–H and O–H groups in total. The molecule has 2 heteroatoms. The average Bonchev–Trinajstić information content (AvgIpc) is 2.54. The predicted octanol–water partition coefficient (Wildman–Crippen LogP) is 4.68. The van der Waals surface area contributed by atoms with Gasteiger partial charge in [-0.05, 0) is 30.0 Å². The summed E-state index contributed by atoms with van der Waals surface area (Å²) in [5.41, 5.74) is 2.63. The molecular formula is C15H21ClO. The van der Waals surface area contributed by atoms with Crippen LogP contribution in [0.4, 0.5) is 0 Å². The van der Waals surface area contributed by atoms with Crippen molar-refractivity contribution in [3.05, 3.63) is 29.3 Å². The molecule has 0 aromatic heterocycles. The van der Waals surface area contributed by atoms with Crippen LogP contribution in [0.1, 0.15) is 50.6 Å². The monoisotopic (exact) mass is 252 g/mol. The van der Waals surface area contributed by atoms with Crippen LogP contribution >= 0.6 is 11.6 Å². The van der Waals surface area contributed by atoms with Gasteiger partial charge in [-0.1, -0.05) is 33.8 Å². The van der Waals surface area contributed by atoms with E-state index in [1.54, 1.807) is 0 Å². The van der Waals surface area contributed by atoms with Gasteiger partial charge in [0.2, 0.25) is 0 Å². The molecule has 1 unspecified atom stereocenters. The fourth-order valence-electron chi connectivity index (χ4n) is 2.28. The SMILES string of the molecule is CC(C)CC(Cl)c1ccc2c(c1)C(C)(C)CO2. The van der Waals surface area contributed by atoms with Crippen molar-refractivity contribution in [3.8, 4) is 5.75 Å². The predicted molar refractivity (Wildman–Crippen MR) is 73.0 cm³/mol. The third-order valence-corrected chi connectivity index (χ3v) is 3.79. The van der Waals surface area contributed by atoms with Crippen molar-refractivity contribution in [1.82, 2.24) is 0 Å². The number of fused-ring (bicyclic) bond motifs is 1. The van der Waals surface area contributed by atoms with Crippen molar-refractivity contribution in [2.24, 2.45) is 5.92 Å². The fraction of sp³-hybridized carbons (Fsp3) is 0.600. The Balaban J connectivity index is 2.28. The zero-order valence-corrected chi connectivity index (χ0v) is 11.8. The molecule has 94 valence electrons. The van der Waals surface area contributed by atoms with Crippen molar-refractivity contribution < 1.29 is 4.74 Å². The lowest BCUT2D eigenvalue weighted by Crippen LogP contribution is -2.18. The van der Waals surface area contributed by atoms with Crippen LogP contribution in [0.2, 0.25) is 0 Å². The summed E-state index contributed by atoms with van der Waals surface area (Å²) in [6.45, 7) is 9.61. The Hall–Kier alpha value is -0.690. The molecule has 1 aromatic rings. The van der Waals surface area contributed by atoms with Crippen molar-refractivity contribution in [1.29, 1.82) is 0 Å². The standard InChI is InChI=1S/C15H21ClO/c1-10(2)7-13(16)11-5-6-14-12(8-11)15(3,4)9-17-14/h5-6,8,10,13H,7,9H2,1-4H3. The second-order valence-corrected chi connectivity index (χ2v) is 6.55. The van der Waals surface area contributed by atoms with Gasteiger partial charge in [-0.25, -0.2) is 0 Å². The topological polar surface area (TPSA) is 9.23 Å². The van der Waals surface area contributed by atoms with Gasteiger partial charge in [0.25, 0.3) is 0 Å². The Labute approximate surface area is 109 Å². The quantitative estimate of drug-likeness (QED) is 0.710. The van der Waals surface area contributed by atoms with Crippen LogP contribution in [0.25, 0.3) is 0 Å². The molecule has 0 saturated heterocycles. The highest BCUT2D eigenvalue weighted by atomic mass is 35.5. The summed E-state index contributed by atoms with van der Waals surface area (Å²) in [5, 5.41) is 0.108. The van der Waals surface area contributed by atoms with E-state index in [1.807, 2.05) is 0 Å². The summed E-state index contributed by atoms with van der Waals surface area (Å²) in [5.74, 6) is 1.64. The number of hydrogen-bond acceptors (Lipinski definition) is 1. The van der Waals surface area contributed by atoms with E-state index in [2.05, 4.69) is 45.9 Å². The molecule has 1 aliphatic heterocycles. The molecule has 1 aliphatic rings. The summed E-state index contributed by atoms with van der Waals surface area (Å²) < 4.78 is 5.69. The molecule has 1 aromatic carbocycles. The number of ether oxygens (including phenoxy) is 1. The van der Waals surface area contributed by atoms with Gasteiger partial charge in [0.05, 0.1) is 12.0 Å². The third kappa shape index (κ3) is 2.60. The summed E-state index contributed by atoms with van der Waals surface area (Å²) >= 11 is 6.46. The number of benzene rings is 1. The highest BCUT2D eigenvalue weighted by Gasteiger charge is 2.32. The maximum atomic E-state index is 6.46. The summed E-state index contributed by atoms with van der Waals surface area (Å²) in [4.78, 5) is 0. The van der Waals surface area contributed by atoms with Gasteiger partial charge in [-0.15, -0.1) is 11.6 Å². The Morgan fingerprint density at radius 3 is 2.71 bits per heavy atom. The second-order valence-electron chi connectivity index (χ2n) is 6.03. The minimum absolute atomic E-state index is 0.108. The van der Waals surface area contributed by atoms with E-state index in [4.69, 9.17) is 16.3 Å². The maximum absolute atomic E-state index is 6.46. The summed E-state index contributed by atoms with van der Waals surface area (Å²) in [6, 6.07) is 6.39. The molecule has 0 spiro atoms. The third-order valence-electron chi connectivity index (χ3n) is 3.36. The minimum Gasteiger partial charge on any atom is -0.492 e. The lowest BCUT2D eigenvalue weighted by Gasteiger charge is -2.18. The largest absolute Gasteiger partial charge is 0.492 e. The van der Waals surface area contributed by atoms with Crippen LogP contribution in [-0.4, -0.2) is 6.61 Å². The first-order chi connectivity index (χ1) is 7.90. The molecule has 1 atom stereocenters. The molecular weight excluding hydrogens is 232 g/mol. The van der Waals surface area contributed by atoms with Crippen LogP contribution in [0.15, 0.2) is 18.2 Å². The number of hydrogen-bond donors (Lipinski definition) is 0. The summed E-state index contributed by atoms with van der Waals surface area (Å²) in [7, 11) is 0. The van der Waals surface area contributed by atoms with Crippen molar-refractivity contribution in [2.75, 3.05) is 6.61 Å². The molecule has 0 radical (unpaired) electrons. The van der Waals surface area contributed by atoms with Gasteiger partial charge in [0.1, 0.15) is 5.75 Å². The maximum Gasteiger partial charge on any atom is 0.123 e. The number of rotatable bonds is 3. The molecule has 1 nitrogen and oxygen atoms in total. The van der Waals surface area contributed by atoms with Crippen LogP contribution in [0, 0.1) is 5.92 Å². The van der Waals surface area contributed by atoms with Gasteiger partial charge in [0, 0.05) is 11.0 Å². The van der Waals surface area contributed by atoms with E-state index in [0.29, 0.717) is 5.92 Å². The van der Waals surface area contributed by atoms with E-state index in [-0.39, 0.29) is 10.8 Å². The Morgan fingerprint density at radius 2 is 2.06 bits per heavy atom. The van der Waals surface area contributed by atoms with E-state index in [1.165, 1.54) is 11.1 Å². The second kappa shape index (κ2) is 4.53. The fourth-order valence-corrected chi connectivity index (χ4v) is 2.78. The van der Waals surface area contributed by atoms with Gasteiger partial charge in [-0.2, -0.15) is 0 Å². The highest BCUT2D eigenvalue weighted by molar-refractivity contribution is 6.20.